The maximum atomic E-state index is 11.1. The molecule has 1 rings (SSSR count). The maximum absolute atomic E-state index is 11.1. The third-order valence-electron chi connectivity index (χ3n) is 1.78. The second kappa shape index (κ2) is 3.28. The standard InChI is InChI=1S/C10H11ClO/c1-6-4-7(2)10(8(3)12)9(11)5-6/h4-5H,1-3H3. The van der Waals surface area contributed by atoms with Crippen LogP contribution in [0.1, 0.15) is 28.4 Å². The van der Waals surface area contributed by atoms with E-state index in [4.69, 9.17) is 11.6 Å². The van der Waals surface area contributed by atoms with Crippen molar-refractivity contribution in [2.24, 2.45) is 0 Å². The zero-order valence-electron chi connectivity index (χ0n) is 7.44. The summed E-state index contributed by atoms with van der Waals surface area (Å²) in [5, 5.41) is 0.556. The molecule has 0 radical (unpaired) electrons. The number of benzene rings is 1. The lowest BCUT2D eigenvalue weighted by atomic mass is 10.0. The third kappa shape index (κ3) is 1.67. The summed E-state index contributed by atoms with van der Waals surface area (Å²) < 4.78 is 0. The Labute approximate surface area is 77.4 Å². The Morgan fingerprint density at radius 3 is 2.33 bits per heavy atom. The molecule has 0 aliphatic heterocycles. The summed E-state index contributed by atoms with van der Waals surface area (Å²) in [6, 6.07) is 3.77. The fourth-order valence-electron chi connectivity index (χ4n) is 1.36. The van der Waals surface area contributed by atoms with E-state index in [1.54, 1.807) is 0 Å². The van der Waals surface area contributed by atoms with E-state index in [-0.39, 0.29) is 5.78 Å². The average molecular weight is 183 g/mol. The molecule has 0 aromatic heterocycles. The van der Waals surface area contributed by atoms with Gasteiger partial charge in [-0.25, -0.2) is 0 Å². The molecule has 0 heterocycles. The topological polar surface area (TPSA) is 17.1 Å². The normalized spacial score (nSPS) is 10.0. The van der Waals surface area contributed by atoms with E-state index in [1.807, 2.05) is 26.0 Å². The highest BCUT2D eigenvalue weighted by molar-refractivity contribution is 6.34. The Balaban J connectivity index is 3.38. The third-order valence-corrected chi connectivity index (χ3v) is 2.08. The van der Waals surface area contributed by atoms with Crippen LogP contribution in [0.3, 0.4) is 0 Å². The molecular formula is C10H11ClO. The molecule has 1 nitrogen and oxygen atoms in total. The summed E-state index contributed by atoms with van der Waals surface area (Å²) in [4.78, 5) is 11.1. The molecule has 0 fully saturated rings. The first-order chi connectivity index (χ1) is 5.52. The molecule has 0 saturated heterocycles. The largest absolute Gasteiger partial charge is 0.294 e. The lowest BCUT2D eigenvalue weighted by molar-refractivity contribution is 0.101. The van der Waals surface area contributed by atoms with Crippen molar-refractivity contribution in [3.05, 3.63) is 33.8 Å². The van der Waals surface area contributed by atoms with Crippen LogP contribution in [-0.2, 0) is 0 Å². The van der Waals surface area contributed by atoms with Crippen molar-refractivity contribution in [1.82, 2.24) is 0 Å². The minimum absolute atomic E-state index is 0.0255. The van der Waals surface area contributed by atoms with Crippen LogP contribution in [0.15, 0.2) is 12.1 Å². The van der Waals surface area contributed by atoms with Crippen molar-refractivity contribution in [2.75, 3.05) is 0 Å². The quantitative estimate of drug-likeness (QED) is 0.610. The van der Waals surface area contributed by atoms with Crippen LogP contribution in [-0.4, -0.2) is 5.78 Å². The van der Waals surface area contributed by atoms with Crippen LogP contribution < -0.4 is 0 Å². The van der Waals surface area contributed by atoms with Gasteiger partial charge in [0.25, 0.3) is 0 Å². The molecule has 1 aromatic carbocycles. The zero-order valence-corrected chi connectivity index (χ0v) is 8.20. The smallest absolute Gasteiger partial charge is 0.161 e. The summed E-state index contributed by atoms with van der Waals surface area (Å²) in [5.41, 5.74) is 2.68. The van der Waals surface area contributed by atoms with Gasteiger partial charge in [-0.2, -0.15) is 0 Å². The van der Waals surface area contributed by atoms with Gasteiger partial charge in [-0.05, 0) is 38.0 Å². The van der Waals surface area contributed by atoms with E-state index in [1.165, 1.54) is 6.92 Å². The van der Waals surface area contributed by atoms with Crippen molar-refractivity contribution in [1.29, 1.82) is 0 Å². The van der Waals surface area contributed by atoms with Gasteiger partial charge in [0.2, 0.25) is 0 Å². The number of aryl methyl sites for hydroxylation is 2. The van der Waals surface area contributed by atoms with Crippen LogP contribution >= 0.6 is 11.6 Å². The molecule has 0 saturated carbocycles. The van der Waals surface area contributed by atoms with Crippen LogP contribution in [0.2, 0.25) is 5.02 Å². The molecule has 0 amide bonds. The number of hydrogen-bond acceptors (Lipinski definition) is 1. The zero-order chi connectivity index (χ0) is 9.30. The van der Waals surface area contributed by atoms with Crippen molar-refractivity contribution < 1.29 is 4.79 Å². The van der Waals surface area contributed by atoms with Gasteiger partial charge in [-0.15, -0.1) is 0 Å². The van der Waals surface area contributed by atoms with Crippen LogP contribution in [0.25, 0.3) is 0 Å². The van der Waals surface area contributed by atoms with E-state index in [2.05, 4.69) is 0 Å². The second-order valence-electron chi connectivity index (χ2n) is 2.99. The number of carbonyl (C=O) groups is 1. The highest BCUT2D eigenvalue weighted by Gasteiger charge is 2.08. The van der Waals surface area contributed by atoms with E-state index < -0.39 is 0 Å². The molecule has 0 unspecified atom stereocenters. The maximum Gasteiger partial charge on any atom is 0.161 e. The van der Waals surface area contributed by atoms with Gasteiger partial charge < -0.3 is 0 Å². The fraction of sp³-hybridized carbons (Fsp3) is 0.300. The summed E-state index contributed by atoms with van der Waals surface area (Å²) in [5.74, 6) is 0.0255. The first-order valence-electron chi connectivity index (χ1n) is 3.80. The van der Waals surface area contributed by atoms with Crippen LogP contribution in [0.5, 0.6) is 0 Å². The predicted molar refractivity (Wildman–Crippen MR) is 50.9 cm³/mol. The monoisotopic (exact) mass is 182 g/mol. The van der Waals surface area contributed by atoms with Gasteiger partial charge in [0, 0.05) is 5.56 Å². The SMILES string of the molecule is CC(=O)c1c(C)cc(C)cc1Cl. The average Bonchev–Trinajstić information content (AvgIpc) is 1.82. The van der Waals surface area contributed by atoms with Crippen molar-refractivity contribution >= 4 is 17.4 Å². The Kier molecular flexibility index (Phi) is 2.53. The molecule has 2 heteroatoms. The molecule has 1 aromatic rings. The van der Waals surface area contributed by atoms with Gasteiger partial charge in [0.1, 0.15) is 0 Å². The molecule has 0 atom stereocenters. The number of rotatable bonds is 1. The van der Waals surface area contributed by atoms with E-state index in [0.29, 0.717) is 10.6 Å². The van der Waals surface area contributed by atoms with Crippen molar-refractivity contribution in [2.45, 2.75) is 20.8 Å². The number of ketones is 1. The predicted octanol–water partition coefficient (Wildman–Crippen LogP) is 3.16. The molecule has 12 heavy (non-hydrogen) atoms. The minimum atomic E-state index is 0.0255. The minimum Gasteiger partial charge on any atom is -0.294 e. The van der Waals surface area contributed by atoms with Crippen molar-refractivity contribution in [3.8, 4) is 0 Å². The lowest BCUT2D eigenvalue weighted by Gasteiger charge is -2.05. The number of halogens is 1. The highest BCUT2D eigenvalue weighted by Crippen LogP contribution is 2.21. The van der Waals surface area contributed by atoms with E-state index >= 15 is 0 Å². The number of carbonyl (C=O) groups excluding carboxylic acids is 1. The Hall–Kier alpha value is -0.820. The van der Waals surface area contributed by atoms with Gasteiger partial charge >= 0.3 is 0 Å². The summed E-state index contributed by atoms with van der Waals surface area (Å²) in [7, 11) is 0. The first-order valence-corrected chi connectivity index (χ1v) is 4.18. The van der Waals surface area contributed by atoms with Gasteiger partial charge in [0.15, 0.2) is 5.78 Å². The molecule has 0 aliphatic carbocycles. The van der Waals surface area contributed by atoms with Gasteiger partial charge in [-0.3, -0.25) is 4.79 Å². The summed E-state index contributed by atoms with van der Waals surface area (Å²) in [6.07, 6.45) is 0. The summed E-state index contributed by atoms with van der Waals surface area (Å²) >= 11 is 5.91. The van der Waals surface area contributed by atoms with Crippen molar-refractivity contribution in [3.63, 3.8) is 0 Å². The summed E-state index contributed by atoms with van der Waals surface area (Å²) in [6.45, 7) is 5.39. The number of Topliss-reactive ketones (excluding diaryl/α,β-unsaturated/α-hetero) is 1. The Bertz CT molecular complexity index is 306. The van der Waals surface area contributed by atoms with Gasteiger partial charge in [0.05, 0.1) is 5.02 Å². The van der Waals surface area contributed by atoms with E-state index in [9.17, 15) is 4.79 Å². The number of hydrogen-bond donors (Lipinski definition) is 0. The molecule has 0 bridgehead atoms. The second-order valence-corrected chi connectivity index (χ2v) is 3.40. The van der Waals surface area contributed by atoms with Gasteiger partial charge in [-0.1, -0.05) is 17.7 Å². The molecule has 64 valence electrons. The molecule has 0 aliphatic rings. The molecule has 0 spiro atoms. The highest BCUT2D eigenvalue weighted by atomic mass is 35.5. The Morgan fingerprint density at radius 2 is 1.92 bits per heavy atom. The lowest BCUT2D eigenvalue weighted by Crippen LogP contribution is -1.97. The van der Waals surface area contributed by atoms with E-state index in [0.717, 1.165) is 11.1 Å². The molecule has 0 N–H and O–H groups in total. The first kappa shape index (κ1) is 9.27. The van der Waals surface area contributed by atoms with Crippen LogP contribution in [0.4, 0.5) is 0 Å². The van der Waals surface area contributed by atoms with Crippen LogP contribution in [0, 0.1) is 13.8 Å². The fourth-order valence-corrected chi connectivity index (χ4v) is 1.82. The Morgan fingerprint density at radius 1 is 1.33 bits per heavy atom. The molecular weight excluding hydrogens is 172 g/mol.